The normalized spacial score (nSPS) is 11.3. The average Bonchev–Trinajstić information content (AvgIpc) is 2.76. The largest absolute Gasteiger partial charge is 0.547 e. The zero-order chi connectivity index (χ0) is 23.1. The SMILES string of the molecule is Cc1cccc(NC(=O)NCC(=O)N(c2ccccc2)C(C(=O)[O-])c2cccc(F)c2)c1. The van der Waals surface area contributed by atoms with E-state index >= 15 is 0 Å². The van der Waals surface area contributed by atoms with Crippen molar-refractivity contribution in [1.82, 2.24) is 5.32 Å². The maximum Gasteiger partial charge on any atom is 0.319 e. The maximum absolute atomic E-state index is 13.8. The Labute approximate surface area is 184 Å². The van der Waals surface area contributed by atoms with Crippen LogP contribution in [0.3, 0.4) is 0 Å². The van der Waals surface area contributed by atoms with Gasteiger partial charge in [-0.05, 0) is 54.4 Å². The van der Waals surface area contributed by atoms with Crippen molar-refractivity contribution in [1.29, 1.82) is 0 Å². The summed E-state index contributed by atoms with van der Waals surface area (Å²) in [6, 6.07) is 17.9. The number of nitrogens with one attached hydrogen (secondary N) is 2. The Morgan fingerprint density at radius 3 is 2.34 bits per heavy atom. The minimum atomic E-state index is -1.60. The number of benzene rings is 3. The van der Waals surface area contributed by atoms with E-state index < -0.39 is 36.3 Å². The van der Waals surface area contributed by atoms with Crippen LogP contribution >= 0.6 is 0 Å². The lowest BCUT2D eigenvalue weighted by molar-refractivity contribution is -0.307. The van der Waals surface area contributed by atoms with Crippen LogP contribution in [-0.4, -0.2) is 24.5 Å². The van der Waals surface area contributed by atoms with Gasteiger partial charge in [0.2, 0.25) is 5.91 Å². The van der Waals surface area contributed by atoms with Crippen LogP contribution in [0, 0.1) is 12.7 Å². The molecule has 0 aromatic heterocycles. The third kappa shape index (κ3) is 5.69. The lowest BCUT2D eigenvalue weighted by Gasteiger charge is -2.33. The second-order valence-electron chi connectivity index (χ2n) is 7.05. The summed E-state index contributed by atoms with van der Waals surface area (Å²) in [7, 11) is 0. The highest BCUT2D eigenvalue weighted by atomic mass is 19.1. The summed E-state index contributed by atoms with van der Waals surface area (Å²) in [5.74, 6) is -2.95. The number of hydrogen-bond acceptors (Lipinski definition) is 4. The van der Waals surface area contributed by atoms with Gasteiger partial charge in [-0.15, -0.1) is 0 Å². The van der Waals surface area contributed by atoms with Gasteiger partial charge < -0.3 is 20.5 Å². The van der Waals surface area contributed by atoms with Crippen LogP contribution < -0.4 is 20.6 Å². The molecule has 3 rings (SSSR count). The molecule has 0 saturated heterocycles. The molecule has 1 unspecified atom stereocenters. The molecular formula is C24H21FN3O4-. The number of halogens is 1. The van der Waals surface area contributed by atoms with Crippen LogP contribution in [0.5, 0.6) is 0 Å². The van der Waals surface area contributed by atoms with Gasteiger partial charge in [-0.3, -0.25) is 9.69 Å². The number of carbonyl (C=O) groups is 3. The molecule has 0 aliphatic rings. The molecule has 0 spiro atoms. The molecule has 0 fully saturated rings. The lowest BCUT2D eigenvalue weighted by atomic mass is 10.0. The molecule has 164 valence electrons. The van der Waals surface area contributed by atoms with Crippen LogP contribution in [0.25, 0.3) is 0 Å². The summed E-state index contributed by atoms with van der Waals surface area (Å²) in [6.45, 7) is 1.38. The molecule has 1 atom stereocenters. The summed E-state index contributed by atoms with van der Waals surface area (Å²) >= 11 is 0. The van der Waals surface area contributed by atoms with Crippen LogP contribution in [-0.2, 0) is 9.59 Å². The number of carboxylic acids is 1. The smallest absolute Gasteiger partial charge is 0.319 e. The van der Waals surface area contributed by atoms with E-state index in [9.17, 15) is 23.9 Å². The Hall–Kier alpha value is -4.20. The third-order valence-corrected chi connectivity index (χ3v) is 4.63. The van der Waals surface area contributed by atoms with Gasteiger partial charge in [0.15, 0.2) is 0 Å². The average molecular weight is 434 g/mol. The standard InChI is InChI=1S/C24H22FN3O4/c1-16-7-5-10-19(13-16)27-24(32)26-15-21(29)28(20-11-3-2-4-12-20)22(23(30)31)17-8-6-9-18(25)14-17/h2-14,22H,15H2,1H3,(H,30,31)(H2,26,27,32)/p-1. The molecule has 0 aliphatic heterocycles. The van der Waals surface area contributed by atoms with Gasteiger partial charge >= 0.3 is 6.03 Å². The van der Waals surface area contributed by atoms with E-state index in [1.165, 1.54) is 18.2 Å². The summed E-state index contributed by atoms with van der Waals surface area (Å²) in [5, 5.41) is 17.1. The Bertz CT molecular complexity index is 1120. The highest BCUT2D eigenvalue weighted by Gasteiger charge is 2.28. The molecule has 3 aromatic carbocycles. The first-order chi connectivity index (χ1) is 15.3. The number of anilines is 2. The quantitative estimate of drug-likeness (QED) is 0.597. The van der Waals surface area contributed by atoms with Gasteiger partial charge in [-0.2, -0.15) is 0 Å². The maximum atomic E-state index is 13.8. The number of para-hydroxylation sites is 1. The fraction of sp³-hybridized carbons (Fsp3) is 0.125. The fourth-order valence-electron chi connectivity index (χ4n) is 3.23. The number of carbonyl (C=O) groups excluding carboxylic acids is 3. The van der Waals surface area contributed by atoms with Crippen LogP contribution in [0.1, 0.15) is 17.2 Å². The van der Waals surface area contributed by atoms with Gasteiger partial charge in [-0.1, -0.05) is 42.5 Å². The van der Waals surface area contributed by atoms with Gasteiger partial charge in [0.05, 0.1) is 12.5 Å². The molecule has 0 heterocycles. The van der Waals surface area contributed by atoms with Crippen molar-refractivity contribution < 1.29 is 23.9 Å². The number of hydrogen-bond donors (Lipinski definition) is 2. The predicted octanol–water partition coefficient (Wildman–Crippen LogP) is 2.78. The second kappa shape index (κ2) is 10.2. The Morgan fingerprint density at radius 1 is 0.969 bits per heavy atom. The molecule has 0 saturated carbocycles. The van der Waals surface area contributed by atoms with E-state index in [4.69, 9.17) is 0 Å². The number of amides is 3. The lowest BCUT2D eigenvalue weighted by Crippen LogP contribution is -2.48. The molecule has 3 aromatic rings. The summed E-state index contributed by atoms with van der Waals surface area (Å²) in [5.41, 5.74) is 1.78. The molecule has 0 radical (unpaired) electrons. The van der Waals surface area contributed by atoms with E-state index in [2.05, 4.69) is 10.6 Å². The predicted molar refractivity (Wildman–Crippen MR) is 116 cm³/mol. The van der Waals surface area contributed by atoms with E-state index in [1.807, 2.05) is 13.0 Å². The molecular weight excluding hydrogens is 413 g/mol. The monoisotopic (exact) mass is 434 g/mol. The Balaban J connectivity index is 1.83. The van der Waals surface area contributed by atoms with Crippen molar-refractivity contribution in [3.05, 3.63) is 95.8 Å². The summed E-state index contributed by atoms with van der Waals surface area (Å²) < 4.78 is 13.8. The highest BCUT2D eigenvalue weighted by molar-refractivity contribution is 6.02. The minimum absolute atomic E-state index is 0.0337. The minimum Gasteiger partial charge on any atom is -0.547 e. The van der Waals surface area contributed by atoms with Crippen molar-refractivity contribution in [2.75, 3.05) is 16.8 Å². The van der Waals surface area contributed by atoms with Crippen molar-refractivity contribution in [3.63, 3.8) is 0 Å². The van der Waals surface area contributed by atoms with Gasteiger partial charge in [0.1, 0.15) is 11.9 Å². The van der Waals surface area contributed by atoms with E-state index in [0.717, 1.165) is 16.5 Å². The zero-order valence-corrected chi connectivity index (χ0v) is 17.2. The van der Waals surface area contributed by atoms with Crippen LogP contribution in [0.2, 0.25) is 0 Å². The molecule has 2 N–H and O–H groups in total. The van der Waals surface area contributed by atoms with Crippen molar-refractivity contribution in [3.8, 4) is 0 Å². The number of rotatable bonds is 7. The van der Waals surface area contributed by atoms with E-state index in [1.54, 1.807) is 48.5 Å². The summed E-state index contributed by atoms with van der Waals surface area (Å²) in [6.07, 6.45) is 0. The van der Waals surface area contributed by atoms with Crippen molar-refractivity contribution in [2.45, 2.75) is 13.0 Å². The number of urea groups is 1. The van der Waals surface area contributed by atoms with Crippen LogP contribution in [0.15, 0.2) is 78.9 Å². The van der Waals surface area contributed by atoms with Crippen LogP contribution in [0.4, 0.5) is 20.6 Å². The first-order valence-electron chi connectivity index (χ1n) is 9.80. The molecule has 0 bridgehead atoms. The molecule has 32 heavy (non-hydrogen) atoms. The molecule has 8 heteroatoms. The summed E-state index contributed by atoms with van der Waals surface area (Å²) in [4.78, 5) is 38.3. The Morgan fingerprint density at radius 2 is 1.69 bits per heavy atom. The zero-order valence-electron chi connectivity index (χ0n) is 17.2. The molecule has 0 aliphatic carbocycles. The van der Waals surface area contributed by atoms with Gasteiger partial charge in [0, 0.05) is 11.4 Å². The van der Waals surface area contributed by atoms with E-state index in [0.29, 0.717) is 5.69 Å². The first-order valence-corrected chi connectivity index (χ1v) is 9.80. The van der Waals surface area contributed by atoms with Crippen molar-refractivity contribution in [2.24, 2.45) is 0 Å². The van der Waals surface area contributed by atoms with E-state index in [-0.39, 0.29) is 11.3 Å². The van der Waals surface area contributed by atoms with Crippen molar-refractivity contribution >= 4 is 29.3 Å². The molecule has 7 nitrogen and oxygen atoms in total. The Kier molecular flexibility index (Phi) is 7.17. The number of aryl methyl sites for hydroxylation is 1. The van der Waals surface area contributed by atoms with Gasteiger partial charge in [-0.25, -0.2) is 9.18 Å². The van der Waals surface area contributed by atoms with Gasteiger partial charge in [0.25, 0.3) is 0 Å². The highest BCUT2D eigenvalue weighted by Crippen LogP contribution is 2.27. The fourth-order valence-corrected chi connectivity index (χ4v) is 3.23. The number of nitrogens with zero attached hydrogens (tertiary/aromatic N) is 1. The number of carboxylic acid groups (broad SMARTS) is 1. The number of aliphatic carboxylic acids is 1. The first kappa shape index (κ1) is 22.5. The second-order valence-corrected chi connectivity index (χ2v) is 7.05. The third-order valence-electron chi connectivity index (χ3n) is 4.63. The molecule has 3 amide bonds. The topological polar surface area (TPSA) is 102 Å².